The maximum atomic E-state index is 13.9. The van der Waals surface area contributed by atoms with Crippen LogP contribution in [0, 0.1) is 6.92 Å². The highest BCUT2D eigenvalue weighted by atomic mass is 19.3. The number of hydrogen-bond acceptors (Lipinski definition) is 2. The van der Waals surface area contributed by atoms with Gasteiger partial charge in [0.1, 0.15) is 5.82 Å². The standard InChI is InChI=1S/C29H26F2N4O/c1-18-5-4-6-20(15-18)23-17-32-25-16-21(9-10-22(23)25)28(36)34-13-11-19(12-14-34)27-33-24-7-2-3-8-26(24)35(27)29(30)31/h2-10,15-17,19,29,32H,11-14H2,1H3. The van der Waals surface area contributed by atoms with Crippen LogP contribution in [0.4, 0.5) is 8.78 Å². The highest BCUT2D eigenvalue weighted by Crippen LogP contribution is 2.34. The van der Waals surface area contributed by atoms with E-state index in [1.807, 2.05) is 35.4 Å². The summed E-state index contributed by atoms with van der Waals surface area (Å²) in [5, 5.41) is 1.07. The van der Waals surface area contributed by atoms with E-state index in [-0.39, 0.29) is 11.8 Å². The lowest BCUT2D eigenvalue weighted by molar-refractivity contribution is 0.0634. The molecule has 0 bridgehead atoms. The number of imidazole rings is 1. The Morgan fingerprint density at radius 2 is 1.83 bits per heavy atom. The molecule has 5 aromatic rings. The van der Waals surface area contributed by atoms with E-state index in [2.05, 4.69) is 35.1 Å². The second-order valence-corrected chi connectivity index (χ2v) is 9.51. The average molecular weight is 485 g/mol. The topological polar surface area (TPSA) is 53.9 Å². The van der Waals surface area contributed by atoms with Gasteiger partial charge in [-0.3, -0.25) is 9.36 Å². The van der Waals surface area contributed by atoms with E-state index in [0.29, 0.717) is 48.4 Å². The molecule has 6 rings (SSSR count). The molecule has 1 aliphatic heterocycles. The summed E-state index contributed by atoms with van der Waals surface area (Å²) in [5.41, 5.74) is 6.01. The fourth-order valence-electron chi connectivity index (χ4n) is 5.39. The highest BCUT2D eigenvalue weighted by molar-refractivity contribution is 6.02. The number of para-hydroxylation sites is 2. The first-order valence-electron chi connectivity index (χ1n) is 12.2. The van der Waals surface area contributed by atoms with Crippen LogP contribution in [0.25, 0.3) is 33.1 Å². The number of aromatic nitrogens is 3. The van der Waals surface area contributed by atoms with Crippen molar-refractivity contribution in [2.45, 2.75) is 32.2 Å². The van der Waals surface area contributed by atoms with E-state index in [4.69, 9.17) is 0 Å². The fourth-order valence-corrected chi connectivity index (χ4v) is 5.39. The normalized spacial score (nSPS) is 14.8. The number of halogens is 2. The Kier molecular flexibility index (Phi) is 5.55. The molecule has 0 spiro atoms. The molecule has 1 aliphatic rings. The van der Waals surface area contributed by atoms with Gasteiger partial charge < -0.3 is 9.88 Å². The number of alkyl halides is 2. The molecule has 0 unspecified atom stereocenters. The maximum Gasteiger partial charge on any atom is 0.320 e. The summed E-state index contributed by atoms with van der Waals surface area (Å²) in [7, 11) is 0. The number of hydrogen-bond donors (Lipinski definition) is 1. The van der Waals surface area contributed by atoms with Gasteiger partial charge >= 0.3 is 6.55 Å². The van der Waals surface area contributed by atoms with Crippen molar-refractivity contribution in [3.8, 4) is 11.1 Å². The molecule has 2 aromatic heterocycles. The third-order valence-corrected chi connectivity index (χ3v) is 7.22. The van der Waals surface area contributed by atoms with E-state index in [9.17, 15) is 13.6 Å². The maximum absolute atomic E-state index is 13.9. The number of aryl methyl sites for hydroxylation is 1. The zero-order valence-electron chi connectivity index (χ0n) is 19.9. The van der Waals surface area contributed by atoms with Crippen LogP contribution in [0.1, 0.15) is 47.1 Å². The molecule has 182 valence electrons. The summed E-state index contributed by atoms with van der Waals surface area (Å²) in [4.78, 5) is 22.9. The van der Waals surface area contributed by atoms with Crippen molar-refractivity contribution < 1.29 is 13.6 Å². The van der Waals surface area contributed by atoms with Gasteiger partial charge in [0.05, 0.1) is 11.0 Å². The zero-order valence-corrected chi connectivity index (χ0v) is 19.9. The van der Waals surface area contributed by atoms with Crippen molar-refractivity contribution in [1.82, 2.24) is 19.4 Å². The smallest absolute Gasteiger partial charge is 0.320 e. The summed E-state index contributed by atoms with van der Waals surface area (Å²) in [5.74, 6) is 0.262. The van der Waals surface area contributed by atoms with Crippen LogP contribution >= 0.6 is 0 Å². The number of nitrogens with one attached hydrogen (secondary N) is 1. The predicted molar refractivity (Wildman–Crippen MR) is 137 cm³/mol. The largest absolute Gasteiger partial charge is 0.361 e. The number of carbonyl (C=O) groups is 1. The molecule has 0 saturated carbocycles. The predicted octanol–water partition coefficient (Wildman–Crippen LogP) is 6.91. The third-order valence-electron chi connectivity index (χ3n) is 7.22. The number of rotatable bonds is 4. The summed E-state index contributed by atoms with van der Waals surface area (Å²) in [6, 6.07) is 21.1. The van der Waals surface area contributed by atoms with Crippen LogP contribution in [-0.4, -0.2) is 38.4 Å². The Balaban J connectivity index is 1.20. The monoisotopic (exact) mass is 484 g/mol. The number of amides is 1. The number of H-pyrrole nitrogens is 1. The molecule has 1 saturated heterocycles. The van der Waals surface area contributed by atoms with Gasteiger partial charge in [-0.1, -0.05) is 48.0 Å². The molecule has 3 aromatic carbocycles. The van der Waals surface area contributed by atoms with Gasteiger partial charge in [0.25, 0.3) is 5.91 Å². The highest BCUT2D eigenvalue weighted by Gasteiger charge is 2.30. The Labute approximate surface area is 207 Å². The Bertz CT molecular complexity index is 1580. The quantitative estimate of drug-likeness (QED) is 0.301. The second-order valence-electron chi connectivity index (χ2n) is 9.51. The molecular weight excluding hydrogens is 458 g/mol. The third kappa shape index (κ3) is 3.85. The fraction of sp³-hybridized carbons (Fsp3) is 0.241. The molecule has 0 aliphatic carbocycles. The number of fused-ring (bicyclic) bond motifs is 2. The van der Waals surface area contributed by atoms with Gasteiger partial charge in [-0.15, -0.1) is 0 Å². The molecule has 0 atom stereocenters. The summed E-state index contributed by atoms with van der Waals surface area (Å²) in [6.45, 7) is 0.436. The van der Waals surface area contributed by atoms with Crippen LogP contribution in [0.15, 0.2) is 72.9 Å². The van der Waals surface area contributed by atoms with Crippen molar-refractivity contribution in [2.75, 3.05) is 13.1 Å². The van der Waals surface area contributed by atoms with Crippen LogP contribution in [0.2, 0.25) is 0 Å². The minimum Gasteiger partial charge on any atom is -0.361 e. The van der Waals surface area contributed by atoms with Crippen molar-refractivity contribution in [3.63, 3.8) is 0 Å². The Hall–Kier alpha value is -4.00. The van der Waals surface area contributed by atoms with Crippen LogP contribution in [-0.2, 0) is 0 Å². The van der Waals surface area contributed by atoms with E-state index in [1.165, 1.54) is 5.56 Å². The van der Waals surface area contributed by atoms with Gasteiger partial charge in [-0.2, -0.15) is 8.78 Å². The van der Waals surface area contributed by atoms with Gasteiger partial charge in [0.2, 0.25) is 0 Å². The Morgan fingerprint density at radius 1 is 1.03 bits per heavy atom. The van der Waals surface area contributed by atoms with Gasteiger partial charge in [-0.25, -0.2) is 4.98 Å². The van der Waals surface area contributed by atoms with Crippen LogP contribution in [0.3, 0.4) is 0 Å². The van der Waals surface area contributed by atoms with E-state index >= 15 is 0 Å². The van der Waals surface area contributed by atoms with E-state index in [0.717, 1.165) is 26.6 Å². The zero-order chi connectivity index (χ0) is 24.8. The molecule has 36 heavy (non-hydrogen) atoms. The number of benzene rings is 3. The minimum atomic E-state index is -2.65. The SMILES string of the molecule is Cc1cccc(-c2c[nH]c3cc(C(=O)N4CCC(c5nc6ccccc6n5C(F)F)CC4)ccc23)c1. The first-order chi connectivity index (χ1) is 17.5. The molecule has 0 radical (unpaired) electrons. The summed E-state index contributed by atoms with van der Waals surface area (Å²) < 4.78 is 28.8. The molecule has 1 amide bonds. The first-order valence-corrected chi connectivity index (χ1v) is 12.2. The van der Waals surface area contributed by atoms with Crippen LogP contribution in [0.5, 0.6) is 0 Å². The Morgan fingerprint density at radius 3 is 2.61 bits per heavy atom. The molecule has 1 N–H and O–H groups in total. The first kappa shape index (κ1) is 22.5. The lowest BCUT2D eigenvalue weighted by Crippen LogP contribution is -2.38. The average Bonchev–Trinajstić information content (AvgIpc) is 3.50. The second kappa shape index (κ2) is 8.90. The summed E-state index contributed by atoms with van der Waals surface area (Å²) in [6.07, 6.45) is 3.18. The van der Waals surface area contributed by atoms with Crippen molar-refractivity contribution in [2.24, 2.45) is 0 Å². The molecule has 1 fully saturated rings. The van der Waals surface area contributed by atoms with Crippen molar-refractivity contribution >= 4 is 27.8 Å². The van der Waals surface area contributed by atoms with E-state index < -0.39 is 6.55 Å². The van der Waals surface area contributed by atoms with Crippen molar-refractivity contribution in [1.29, 1.82) is 0 Å². The molecule has 5 nitrogen and oxygen atoms in total. The number of aromatic amines is 1. The van der Waals surface area contributed by atoms with Gasteiger partial charge in [0.15, 0.2) is 0 Å². The molecule has 3 heterocycles. The lowest BCUT2D eigenvalue weighted by Gasteiger charge is -2.32. The lowest BCUT2D eigenvalue weighted by atomic mass is 9.95. The molecule has 7 heteroatoms. The number of piperidine rings is 1. The van der Waals surface area contributed by atoms with Crippen molar-refractivity contribution in [3.05, 3.63) is 89.9 Å². The van der Waals surface area contributed by atoms with Crippen LogP contribution < -0.4 is 0 Å². The van der Waals surface area contributed by atoms with Gasteiger partial charge in [0, 0.05) is 47.2 Å². The van der Waals surface area contributed by atoms with Gasteiger partial charge in [-0.05, 0) is 49.6 Å². The molecular formula is C29H26F2N4O. The van der Waals surface area contributed by atoms with E-state index in [1.54, 1.807) is 24.3 Å². The number of likely N-dealkylation sites (tertiary alicyclic amines) is 1. The number of nitrogens with zero attached hydrogens (tertiary/aromatic N) is 3. The summed E-state index contributed by atoms with van der Waals surface area (Å²) >= 11 is 0. The minimum absolute atomic E-state index is 0.0376. The number of carbonyl (C=O) groups excluding carboxylic acids is 1.